The molecule has 0 atom stereocenters. The summed E-state index contributed by atoms with van der Waals surface area (Å²) < 4.78 is 0. The number of rotatable bonds is 2. The lowest BCUT2D eigenvalue weighted by Crippen LogP contribution is -2.52. The van der Waals surface area contributed by atoms with Gasteiger partial charge in [0, 0.05) is 5.02 Å². The van der Waals surface area contributed by atoms with Gasteiger partial charge in [-0.15, -0.1) is 0 Å². The van der Waals surface area contributed by atoms with E-state index in [0.717, 1.165) is 35.0 Å². The summed E-state index contributed by atoms with van der Waals surface area (Å²) >= 11 is 6.15. The molecule has 29 heavy (non-hydrogen) atoms. The molecule has 0 bridgehead atoms. The second-order valence-corrected chi connectivity index (χ2v) is 8.46. The van der Waals surface area contributed by atoms with Crippen LogP contribution in [0.1, 0.15) is 69.1 Å². The minimum absolute atomic E-state index is 0.0796. The zero-order valence-electron chi connectivity index (χ0n) is 18.2. The Bertz CT molecular complexity index is 864. The van der Waals surface area contributed by atoms with E-state index in [1.807, 2.05) is 32.0 Å². The van der Waals surface area contributed by atoms with Crippen molar-refractivity contribution < 1.29 is 0 Å². The number of fused-ring (bicyclic) bond motifs is 1. The van der Waals surface area contributed by atoms with Gasteiger partial charge in [0.1, 0.15) is 5.84 Å². The number of nitrogens with zero attached hydrogens (tertiary/aromatic N) is 1. The van der Waals surface area contributed by atoms with Crippen molar-refractivity contribution in [3.05, 3.63) is 58.1 Å². The highest BCUT2D eigenvalue weighted by atomic mass is 35.5. The molecule has 2 aromatic rings. The van der Waals surface area contributed by atoms with Crippen molar-refractivity contribution in [3.63, 3.8) is 0 Å². The first-order chi connectivity index (χ1) is 14.1. The number of hydrogen-bond donors (Lipinski definition) is 2. The van der Waals surface area contributed by atoms with E-state index in [0.29, 0.717) is 6.54 Å². The van der Waals surface area contributed by atoms with Crippen LogP contribution in [-0.4, -0.2) is 11.4 Å². The van der Waals surface area contributed by atoms with Gasteiger partial charge >= 0.3 is 0 Å². The average molecular weight is 412 g/mol. The Morgan fingerprint density at radius 2 is 1.59 bits per heavy atom. The lowest BCUT2D eigenvalue weighted by atomic mass is 9.85. The molecule has 2 aromatic carbocycles. The number of hydrogen-bond acceptors (Lipinski definition) is 2. The molecule has 0 saturated heterocycles. The van der Waals surface area contributed by atoms with Crippen LogP contribution in [0.5, 0.6) is 0 Å². The molecule has 2 aliphatic rings. The maximum absolute atomic E-state index is 6.15. The van der Waals surface area contributed by atoms with Gasteiger partial charge in [-0.1, -0.05) is 63.3 Å². The van der Waals surface area contributed by atoms with Gasteiger partial charge in [-0.05, 0) is 67.6 Å². The number of anilines is 2. The minimum Gasteiger partial charge on any atom is -0.371 e. The van der Waals surface area contributed by atoms with Crippen LogP contribution in [0, 0.1) is 13.8 Å². The molecule has 0 radical (unpaired) electrons. The summed E-state index contributed by atoms with van der Waals surface area (Å²) in [5.41, 5.74) is 6.04. The smallest absolute Gasteiger partial charge is 0.127 e. The molecule has 4 rings (SSSR count). The van der Waals surface area contributed by atoms with E-state index < -0.39 is 0 Å². The molecule has 1 saturated carbocycles. The molecule has 1 spiro atoms. The van der Waals surface area contributed by atoms with Crippen molar-refractivity contribution >= 4 is 28.8 Å². The van der Waals surface area contributed by atoms with Gasteiger partial charge in [0.2, 0.25) is 0 Å². The standard InChI is InChI=1S/C23H28ClN3.C2H6/c1-16-12-20-21(13-17(16)2)27-23(10-5-3-4-6-11-23)22(26-20)25-15-18-8-7-9-19(24)14-18;1-2/h7-9,12-14,27H,3-6,10-11,15H2,1-2H3,(H,25,26);1-2H3. The topological polar surface area (TPSA) is 36.4 Å². The summed E-state index contributed by atoms with van der Waals surface area (Å²) in [5.74, 6) is 1.08. The van der Waals surface area contributed by atoms with Crippen LogP contribution < -0.4 is 10.6 Å². The van der Waals surface area contributed by atoms with E-state index in [4.69, 9.17) is 16.6 Å². The highest BCUT2D eigenvalue weighted by Gasteiger charge is 2.40. The van der Waals surface area contributed by atoms with Crippen LogP contribution in [0.4, 0.5) is 11.4 Å². The molecule has 1 aliphatic heterocycles. The maximum atomic E-state index is 6.15. The quantitative estimate of drug-likeness (QED) is 0.536. The van der Waals surface area contributed by atoms with Gasteiger partial charge in [-0.2, -0.15) is 0 Å². The number of aryl methyl sites for hydroxylation is 2. The fourth-order valence-corrected chi connectivity index (χ4v) is 4.49. The van der Waals surface area contributed by atoms with Crippen molar-refractivity contribution in [1.29, 1.82) is 0 Å². The molecular weight excluding hydrogens is 378 g/mol. The van der Waals surface area contributed by atoms with E-state index in [9.17, 15) is 0 Å². The molecule has 2 N–H and O–H groups in total. The largest absolute Gasteiger partial charge is 0.371 e. The van der Waals surface area contributed by atoms with E-state index in [1.165, 1.54) is 42.5 Å². The Balaban J connectivity index is 0.00000117. The van der Waals surface area contributed by atoms with E-state index in [-0.39, 0.29) is 5.54 Å². The zero-order valence-corrected chi connectivity index (χ0v) is 19.0. The van der Waals surface area contributed by atoms with Crippen molar-refractivity contribution in [2.24, 2.45) is 4.99 Å². The normalized spacial score (nSPS) is 18.7. The predicted octanol–water partition coefficient (Wildman–Crippen LogP) is 7.51. The fraction of sp³-hybridized carbons (Fsp3) is 0.480. The van der Waals surface area contributed by atoms with Crippen molar-refractivity contribution in [2.45, 2.75) is 78.3 Å². The minimum atomic E-state index is -0.0796. The number of aliphatic imine (C=N–C) groups is 1. The molecule has 1 heterocycles. The molecule has 1 aliphatic carbocycles. The van der Waals surface area contributed by atoms with Crippen LogP contribution >= 0.6 is 11.6 Å². The van der Waals surface area contributed by atoms with Gasteiger partial charge < -0.3 is 10.6 Å². The van der Waals surface area contributed by atoms with E-state index in [1.54, 1.807) is 0 Å². The summed E-state index contributed by atoms with van der Waals surface area (Å²) in [6, 6.07) is 12.5. The molecule has 3 nitrogen and oxygen atoms in total. The second-order valence-electron chi connectivity index (χ2n) is 8.02. The molecule has 0 amide bonds. The van der Waals surface area contributed by atoms with E-state index >= 15 is 0 Å². The number of halogens is 1. The Morgan fingerprint density at radius 1 is 0.931 bits per heavy atom. The van der Waals surface area contributed by atoms with Gasteiger partial charge in [0.15, 0.2) is 0 Å². The number of benzene rings is 2. The monoisotopic (exact) mass is 411 g/mol. The summed E-state index contributed by atoms with van der Waals surface area (Å²) in [7, 11) is 0. The summed E-state index contributed by atoms with van der Waals surface area (Å²) in [4.78, 5) is 5.05. The zero-order chi connectivity index (χ0) is 20.9. The van der Waals surface area contributed by atoms with Gasteiger partial charge in [0.25, 0.3) is 0 Å². The average Bonchev–Trinajstić information content (AvgIpc) is 2.96. The Labute approximate surface area is 181 Å². The number of nitrogens with one attached hydrogen (secondary N) is 2. The molecule has 1 fully saturated rings. The van der Waals surface area contributed by atoms with Crippen molar-refractivity contribution in [1.82, 2.24) is 0 Å². The van der Waals surface area contributed by atoms with Crippen LogP contribution in [0.3, 0.4) is 0 Å². The van der Waals surface area contributed by atoms with Crippen molar-refractivity contribution in [2.75, 3.05) is 10.6 Å². The maximum Gasteiger partial charge on any atom is 0.127 e. The van der Waals surface area contributed by atoms with Crippen molar-refractivity contribution in [3.8, 4) is 0 Å². The molecule has 156 valence electrons. The van der Waals surface area contributed by atoms with Crippen LogP contribution in [-0.2, 0) is 6.54 Å². The van der Waals surface area contributed by atoms with Gasteiger partial charge in [-0.25, -0.2) is 0 Å². The summed E-state index contributed by atoms with van der Waals surface area (Å²) in [6.07, 6.45) is 7.35. The first kappa shape index (κ1) is 21.7. The lowest BCUT2D eigenvalue weighted by Gasteiger charge is -2.41. The fourth-order valence-electron chi connectivity index (χ4n) is 4.28. The summed E-state index contributed by atoms with van der Waals surface area (Å²) in [6.45, 7) is 8.99. The third-order valence-electron chi connectivity index (χ3n) is 5.98. The number of amidine groups is 1. The SMILES string of the molecule is CC.Cc1cc2c(cc1C)NC1(CCCCCC1)C(=NCc1cccc(Cl)c1)N2. The molecule has 4 heteroatoms. The molecule has 0 unspecified atom stereocenters. The van der Waals surface area contributed by atoms with Gasteiger partial charge in [0.05, 0.1) is 23.5 Å². The second kappa shape index (κ2) is 9.67. The molecular formula is C25H34ClN3. The highest BCUT2D eigenvalue weighted by molar-refractivity contribution is 6.30. The van der Waals surface area contributed by atoms with Gasteiger partial charge in [-0.3, -0.25) is 4.99 Å². The third kappa shape index (κ3) is 4.95. The predicted molar refractivity (Wildman–Crippen MR) is 128 cm³/mol. The highest BCUT2D eigenvalue weighted by Crippen LogP contribution is 2.40. The first-order valence-corrected chi connectivity index (χ1v) is 11.4. The third-order valence-corrected chi connectivity index (χ3v) is 6.22. The Morgan fingerprint density at radius 3 is 2.24 bits per heavy atom. The first-order valence-electron chi connectivity index (χ1n) is 11.0. The Hall–Kier alpha value is -2.00. The molecule has 0 aromatic heterocycles. The Kier molecular flexibility index (Phi) is 7.23. The van der Waals surface area contributed by atoms with E-state index in [2.05, 4.69) is 42.7 Å². The van der Waals surface area contributed by atoms with Crippen LogP contribution in [0.25, 0.3) is 0 Å². The summed E-state index contributed by atoms with van der Waals surface area (Å²) in [5, 5.41) is 8.36. The van der Waals surface area contributed by atoms with Crippen LogP contribution in [0.15, 0.2) is 41.4 Å². The lowest BCUT2D eigenvalue weighted by molar-refractivity contribution is 0.524. The van der Waals surface area contributed by atoms with Crippen LogP contribution in [0.2, 0.25) is 5.02 Å².